The molecule has 0 saturated heterocycles. The second-order valence-corrected chi connectivity index (χ2v) is 9.12. The lowest BCUT2D eigenvalue weighted by Gasteiger charge is -2.31. The molecule has 0 bridgehead atoms. The van der Waals surface area contributed by atoms with Crippen molar-refractivity contribution in [3.63, 3.8) is 0 Å². The molecule has 1 N–H and O–H groups in total. The van der Waals surface area contributed by atoms with Crippen molar-refractivity contribution in [2.45, 2.75) is 37.8 Å². The molecular weight excluding hydrogens is 387 g/mol. The third kappa shape index (κ3) is 3.37. The number of nitrogens with zero attached hydrogens (tertiary/aromatic N) is 2. The molecule has 1 aliphatic carbocycles. The van der Waals surface area contributed by atoms with Crippen LogP contribution in [0.2, 0.25) is 5.02 Å². The molecular formula is C24H26ClFN2O. The minimum absolute atomic E-state index is 0.210. The van der Waals surface area contributed by atoms with Crippen LogP contribution in [0.15, 0.2) is 42.5 Å². The van der Waals surface area contributed by atoms with Gasteiger partial charge in [0.25, 0.3) is 0 Å². The normalized spacial score (nSPS) is 19.7. The predicted octanol–water partition coefficient (Wildman–Crippen LogP) is 4.76. The third-order valence-electron chi connectivity index (χ3n) is 6.72. The lowest BCUT2D eigenvalue weighted by molar-refractivity contribution is -0.00411. The van der Waals surface area contributed by atoms with Gasteiger partial charge in [0.1, 0.15) is 11.4 Å². The van der Waals surface area contributed by atoms with Crippen LogP contribution in [-0.2, 0) is 25.0 Å². The Morgan fingerprint density at radius 3 is 2.55 bits per heavy atom. The molecule has 1 atom stereocenters. The average molecular weight is 413 g/mol. The zero-order valence-electron chi connectivity index (χ0n) is 16.7. The van der Waals surface area contributed by atoms with E-state index in [9.17, 15) is 9.50 Å². The van der Waals surface area contributed by atoms with Crippen LogP contribution in [0.3, 0.4) is 0 Å². The molecule has 29 heavy (non-hydrogen) atoms. The summed E-state index contributed by atoms with van der Waals surface area (Å²) in [6.45, 7) is 2.50. The van der Waals surface area contributed by atoms with E-state index in [1.54, 1.807) is 12.1 Å². The topological polar surface area (TPSA) is 28.4 Å². The Balaban J connectivity index is 1.65. The number of likely N-dealkylation sites (N-methyl/N-ethyl adjacent to an activating group) is 1. The van der Waals surface area contributed by atoms with E-state index in [1.165, 1.54) is 28.8 Å². The van der Waals surface area contributed by atoms with Crippen LogP contribution in [0.25, 0.3) is 10.9 Å². The van der Waals surface area contributed by atoms with Crippen LogP contribution in [0.1, 0.15) is 29.7 Å². The highest BCUT2D eigenvalue weighted by Crippen LogP contribution is 2.48. The second-order valence-electron chi connectivity index (χ2n) is 8.68. The molecule has 2 aliphatic rings. The summed E-state index contributed by atoms with van der Waals surface area (Å²) in [4.78, 5) is 2.35. The average Bonchev–Trinajstić information content (AvgIpc) is 3.53. The van der Waals surface area contributed by atoms with E-state index in [4.69, 9.17) is 11.6 Å². The molecule has 0 amide bonds. The van der Waals surface area contributed by atoms with Crippen LogP contribution < -0.4 is 0 Å². The van der Waals surface area contributed by atoms with Crippen LogP contribution in [0.4, 0.5) is 4.39 Å². The smallest absolute Gasteiger partial charge is 0.123 e. The zero-order chi connectivity index (χ0) is 20.2. The standard InChI is InChI=1S/C24H26ClFN2O/c1-27-12-10-20-21-14-18(25)6-9-22(21)28(23(20)11-13-27)15-24(29,16-2-3-16)17-4-7-19(26)8-5-17/h4-9,14,16,29H,2-3,10-13,15H2,1H3. The van der Waals surface area contributed by atoms with Gasteiger partial charge in [0.2, 0.25) is 0 Å². The van der Waals surface area contributed by atoms with Gasteiger partial charge in [0.15, 0.2) is 0 Å². The maximum absolute atomic E-state index is 13.5. The van der Waals surface area contributed by atoms with Gasteiger partial charge in [-0.1, -0.05) is 23.7 Å². The highest BCUT2D eigenvalue weighted by Gasteiger charge is 2.46. The van der Waals surface area contributed by atoms with E-state index in [-0.39, 0.29) is 11.7 Å². The van der Waals surface area contributed by atoms with Gasteiger partial charge in [-0.05, 0) is 73.7 Å². The van der Waals surface area contributed by atoms with Gasteiger partial charge >= 0.3 is 0 Å². The van der Waals surface area contributed by atoms with Gasteiger partial charge in [-0.15, -0.1) is 0 Å². The summed E-state index contributed by atoms with van der Waals surface area (Å²) >= 11 is 6.34. The number of aromatic nitrogens is 1. The highest BCUT2D eigenvalue weighted by atomic mass is 35.5. The van der Waals surface area contributed by atoms with Crippen LogP contribution in [0.5, 0.6) is 0 Å². The van der Waals surface area contributed by atoms with Crippen molar-refractivity contribution in [3.05, 3.63) is 70.1 Å². The van der Waals surface area contributed by atoms with Crippen LogP contribution in [-0.4, -0.2) is 34.7 Å². The van der Waals surface area contributed by atoms with Crippen molar-refractivity contribution in [1.82, 2.24) is 9.47 Å². The summed E-state index contributed by atoms with van der Waals surface area (Å²) in [6.07, 6.45) is 3.93. The van der Waals surface area contributed by atoms with Crippen molar-refractivity contribution < 1.29 is 9.50 Å². The van der Waals surface area contributed by atoms with Gasteiger partial charge in [-0.2, -0.15) is 0 Å². The SMILES string of the molecule is CN1CCc2c(n(CC(O)(c3ccc(F)cc3)C3CC3)c3ccc(Cl)cc23)CC1. The van der Waals surface area contributed by atoms with Crippen molar-refractivity contribution in [1.29, 1.82) is 0 Å². The lowest BCUT2D eigenvalue weighted by atomic mass is 9.88. The Morgan fingerprint density at radius 2 is 1.83 bits per heavy atom. The second kappa shape index (κ2) is 7.12. The fraction of sp³-hybridized carbons (Fsp3) is 0.417. The molecule has 5 rings (SSSR count). The van der Waals surface area contributed by atoms with E-state index in [1.807, 2.05) is 6.07 Å². The summed E-state index contributed by atoms with van der Waals surface area (Å²) in [6, 6.07) is 12.4. The Morgan fingerprint density at radius 1 is 1.10 bits per heavy atom. The molecule has 0 spiro atoms. The monoisotopic (exact) mass is 412 g/mol. The molecule has 0 radical (unpaired) electrons. The quantitative estimate of drug-likeness (QED) is 0.669. The van der Waals surface area contributed by atoms with Crippen molar-refractivity contribution >= 4 is 22.5 Å². The lowest BCUT2D eigenvalue weighted by Crippen LogP contribution is -2.34. The van der Waals surface area contributed by atoms with Crippen molar-refractivity contribution in [2.24, 2.45) is 5.92 Å². The number of rotatable bonds is 4. The van der Waals surface area contributed by atoms with Gasteiger partial charge in [-0.25, -0.2) is 4.39 Å². The van der Waals surface area contributed by atoms with Crippen LogP contribution >= 0.6 is 11.6 Å². The molecule has 3 nitrogen and oxygen atoms in total. The number of halogens is 2. The fourth-order valence-corrected chi connectivity index (χ4v) is 5.07. The largest absolute Gasteiger partial charge is 0.383 e. The van der Waals surface area contributed by atoms with E-state index in [0.717, 1.165) is 54.9 Å². The molecule has 1 aromatic heterocycles. The maximum atomic E-state index is 13.5. The molecule has 2 heterocycles. The first-order valence-electron chi connectivity index (χ1n) is 10.4. The number of hydrogen-bond donors (Lipinski definition) is 1. The summed E-state index contributed by atoms with van der Waals surface area (Å²) in [5.74, 6) is -0.0633. The number of aliphatic hydroxyl groups is 1. The van der Waals surface area contributed by atoms with Gasteiger partial charge < -0.3 is 14.6 Å². The molecule has 3 aromatic rings. The molecule has 1 fully saturated rings. The molecule has 1 unspecified atom stereocenters. The summed E-state index contributed by atoms with van der Waals surface area (Å²) in [7, 11) is 2.16. The van der Waals surface area contributed by atoms with Gasteiger partial charge in [-0.3, -0.25) is 0 Å². The van der Waals surface area contributed by atoms with E-state index in [0.29, 0.717) is 6.54 Å². The van der Waals surface area contributed by atoms with Crippen molar-refractivity contribution in [2.75, 3.05) is 20.1 Å². The Labute approximate surface area is 175 Å². The number of fused-ring (bicyclic) bond motifs is 3. The number of hydrogen-bond acceptors (Lipinski definition) is 2. The summed E-state index contributed by atoms with van der Waals surface area (Å²) in [5.41, 5.74) is 3.59. The minimum Gasteiger partial charge on any atom is -0.383 e. The van der Waals surface area contributed by atoms with Gasteiger partial charge in [0.05, 0.1) is 6.54 Å². The van der Waals surface area contributed by atoms with Crippen LogP contribution in [0, 0.1) is 11.7 Å². The maximum Gasteiger partial charge on any atom is 0.123 e. The van der Waals surface area contributed by atoms with Gasteiger partial charge in [0, 0.05) is 41.1 Å². The first kappa shape index (κ1) is 19.1. The zero-order valence-corrected chi connectivity index (χ0v) is 17.4. The Hall–Kier alpha value is -1.88. The van der Waals surface area contributed by atoms with E-state index in [2.05, 4.69) is 28.6 Å². The summed E-state index contributed by atoms with van der Waals surface area (Å²) in [5, 5.41) is 13.8. The fourth-order valence-electron chi connectivity index (χ4n) is 4.90. The van der Waals surface area contributed by atoms with E-state index >= 15 is 0 Å². The highest BCUT2D eigenvalue weighted by molar-refractivity contribution is 6.31. The molecule has 1 aliphatic heterocycles. The summed E-state index contributed by atoms with van der Waals surface area (Å²) < 4.78 is 15.8. The predicted molar refractivity (Wildman–Crippen MR) is 115 cm³/mol. The third-order valence-corrected chi connectivity index (χ3v) is 6.95. The molecule has 152 valence electrons. The first-order chi connectivity index (χ1) is 14.0. The molecule has 2 aromatic carbocycles. The Kier molecular flexibility index (Phi) is 4.69. The first-order valence-corrected chi connectivity index (χ1v) is 10.8. The van der Waals surface area contributed by atoms with E-state index < -0.39 is 5.60 Å². The molecule has 5 heteroatoms. The minimum atomic E-state index is -0.995. The molecule has 1 saturated carbocycles. The van der Waals surface area contributed by atoms with Crippen molar-refractivity contribution in [3.8, 4) is 0 Å². The number of benzene rings is 2. The Bertz CT molecular complexity index is 1060.